The summed E-state index contributed by atoms with van der Waals surface area (Å²) in [4.78, 5) is 8.18. The number of rotatable bonds is 5. The molecule has 0 N–H and O–H groups in total. The van der Waals surface area contributed by atoms with Gasteiger partial charge in [-0.2, -0.15) is 8.78 Å². The molecule has 0 amide bonds. The first-order chi connectivity index (χ1) is 11.1. The summed E-state index contributed by atoms with van der Waals surface area (Å²) in [6.45, 7) is -2.26. The van der Waals surface area contributed by atoms with Crippen molar-refractivity contribution in [3.05, 3.63) is 58.8 Å². The summed E-state index contributed by atoms with van der Waals surface area (Å²) in [6, 6.07) is 8.74. The van der Waals surface area contributed by atoms with Gasteiger partial charge >= 0.3 is 6.61 Å². The highest BCUT2D eigenvalue weighted by Crippen LogP contribution is 2.32. The molecule has 0 unspecified atom stereocenters. The maximum Gasteiger partial charge on any atom is 0.388 e. The van der Waals surface area contributed by atoms with Crippen LogP contribution in [0, 0.1) is 0 Å². The van der Waals surface area contributed by atoms with E-state index in [0.29, 0.717) is 29.1 Å². The standard InChI is InChI=1S/C17H13ClF2N2O/c18-14-3-1-2-13(8-14)15-7-12(6-11-4-5-21-9-11)10-22-16(15)23-17(19)20/h1-4,7-10,17H,5-6H2. The number of pyridine rings is 1. The number of hydrogen-bond acceptors (Lipinski definition) is 3. The van der Waals surface area contributed by atoms with Gasteiger partial charge in [0.05, 0.1) is 6.54 Å². The number of hydrogen-bond donors (Lipinski definition) is 0. The molecule has 6 heteroatoms. The van der Waals surface area contributed by atoms with Gasteiger partial charge in [0.25, 0.3) is 0 Å². The van der Waals surface area contributed by atoms with Crippen LogP contribution in [0.15, 0.2) is 53.2 Å². The minimum atomic E-state index is -2.93. The Morgan fingerprint density at radius 1 is 1.26 bits per heavy atom. The molecule has 3 rings (SSSR count). The zero-order valence-corrected chi connectivity index (χ0v) is 12.8. The van der Waals surface area contributed by atoms with Gasteiger partial charge in [-0.15, -0.1) is 0 Å². The van der Waals surface area contributed by atoms with Gasteiger partial charge in [0.2, 0.25) is 5.88 Å². The molecule has 1 aromatic heterocycles. The second kappa shape index (κ2) is 6.87. The number of aliphatic imine (C=N–C) groups is 1. The van der Waals surface area contributed by atoms with E-state index in [1.165, 1.54) is 0 Å². The lowest BCUT2D eigenvalue weighted by Gasteiger charge is -2.12. The number of ether oxygens (including phenoxy) is 1. The highest BCUT2D eigenvalue weighted by Gasteiger charge is 2.15. The lowest BCUT2D eigenvalue weighted by molar-refractivity contribution is -0.0524. The molecular formula is C17H13ClF2N2O. The number of alkyl halides is 2. The number of allylic oxidation sites excluding steroid dienone is 1. The van der Waals surface area contributed by atoms with Crippen LogP contribution in [0.25, 0.3) is 11.1 Å². The van der Waals surface area contributed by atoms with Gasteiger partial charge < -0.3 is 4.74 Å². The molecule has 0 atom stereocenters. The summed E-state index contributed by atoms with van der Waals surface area (Å²) in [5, 5.41) is 0.515. The lowest BCUT2D eigenvalue weighted by Crippen LogP contribution is -2.06. The van der Waals surface area contributed by atoms with Crippen LogP contribution in [0.2, 0.25) is 5.02 Å². The predicted molar refractivity (Wildman–Crippen MR) is 86.5 cm³/mol. The summed E-state index contributed by atoms with van der Waals surface area (Å²) >= 11 is 5.99. The van der Waals surface area contributed by atoms with Crippen LogP contribution >= 0.6 is 11.6 Å². The lowest BCUT2D eigenvalue weighted by atomic mass is 10.0. The van der Waals surface area contributed by atoms with E-state index < -0.39 is 6.61 Å². The molecule has 1 aliphatic rings. The molecule has 2 heterocycles. The Balaban J connectivity index is 1.99. The number of benzene rings is 1. The zero-order chi connectivity index (χ0) is 16.2. The predicted octanol–water partition coefficient (Wildman–Crippen LogP) is 4.56. The Labute approximate surface area is 137 Å². The Kier molecular flexibility index (Phi) is 4.67. The van der Waals surface area contributed by atoms with Crippen LogP contribution in [-0.4, -0.2) is 24.4 Å². The third-order valence-electron chi connectivity index (χ3n) is 3.37. The highest BCUT2D eigenvalue weighted by atomic mass is 35.5. The van der Waals surface area contributed by atoms with Gasteiger partial charge in [0.1, 0.15) is 0 Å². The summed E-state index contributed by atoms with van der Waals surface area (Å²) in [7, 11) is 0. The van der Waals surface area contributed by atoms with Gasteiger partial charge in [-0.25, -0.2) is 4.98 Å². The van der Waals surface area contributed by atoms with Crippen LogP contribution in [0.4, 0.5) is 8.78 Å². The van der Waals surface area contributed by atoms with Crippen LogP contribution in [0.1, 0.15) is 5.56 Å². The Morgan fingerprint density at radius 2 is 2.13 bits per heavy atom. The second-order valence-electron chi connectivity index (χ2n) is 5.04. The van der Waals surface area contributed by atoms with Gasteiger partial charge in [-0.3, -0.25) is 4.99 Å². The van der Waals surface area contributed by atoms with E-state index in [-0.39, 0.29) is 5.88 Å². The first-order valence-corrected chi connectivity index (χ1v) is 7.38. The molecule has 2 aromatic rings. The molecule has 1 aliphatic heterocycles. The van der Waals surface area contributed by atoms with E-state index in [1.807, 2.05) is 12.3 Å². The number of nitrogens with zero attached hydrogens (tertiary/aromatic N) is 2. The second-order valence-corrected chi connectivity index (χ2v) is 5.47. The average Bonchev–Trinajstić information content (AvgIpc) is 3.01. The van der Waals surface area contributed by atoms with Crippen LogP contribution in [0.5, 0.6) is 5.88 Å². The molecule has 0 radical (unpaired) electrons. The summed E-state index contributed by atoms with van der Waals surface area (Å²) in [5.41, 5.74) is 3.13. The van der Waals surface area contributed by atoms with Crippen molar-refractivity contribution in [2.24, 2.45) is 4.99 Å². The molecule has 3 nitrogen and oxygen atoms in total. The Morgan fingerprint density at radius 3 is 2.83 bits per heavy atom. The monoisotopic (exact) mass is 334 g/mol. The van der Waals surface area contributed by atoms with Gasteiger partial charge in [-0.05, 0) is 34.9 Å². The van der Waals surface area contributed by atoms with Crippen LogP contribution < -0.4 is 4.74 Å². The Bertz CT molecular complexity index is 775. The molecule has 0 saturated carbocycles. The van der Waals surface area contributed by atoms with Crippen molar-refractivity contribution >= 4 is 17.8 Å². The first-order valence-electron chi connectivity index (χ1n) is 7.00. The maximum absolute atomic E-state index is 12.6. The van der Waals surface area contributed by atoms with E-state index in [2.05, 4.69) is 14.7 Å². The van der Waals surface area contributed by atoms with Crippen molar-refractivity contribution in [1.29, 1.82) is 0 Å². The average molecular weight is 335 g/mol. The van der Waals surface area contributed by atoms with Gasteiger partial charge in [-0.1, -0.05) is 29.8 Å². The number of halogens is 3. The molecule has 118 valence electrons. The van der Waals surface area contributed by atoms with Crippen molar-refractivity contribution in [3.8, 4) is 17.0 Å². The molecule has 0 bridgehead atoms. The maximum atomic E-state index is 12.6. The minimum Gasteiger partial charge on any atom is -0.416 e. The largest absolute Gasteiger partial charge is 0.416 e. The number of aromatic nitrogens is 1. The van der Waals surface area contributed by atoms with E-state index in [4.69, 9.17) is 11.6 Å². The van der Waals surface area contributed by atoms with Crippen molar-refractivity contribution < 1.29 is 13.5 Å². The van der Waals surface area contributed by atoms with Gasteiger partial charge in [0, 0.05) is 29.4 Å². The minimum absolute atomic E-state index is 0.111. The Hall–Kier alpha value is -2.27. The SMILES string of the molecule is FC(F)Oc1ncc(CC2=CCN=C2)cc1-c1cccc(Cl)c1. The fraction of sp³-hybridized carbons (Fsp3) is 0.176. The van der Waals surface area contributed by atoms with E-state index >= 15 is 0 Å². The molecule has 1 aromatic carbocycles. The molecule has 0 aliphatic carbocycles. The molecule has 0 saturated heterocycles. The third-order valence-corrected chi connectivity index (χ3v) is 3.60. The van der Waals surface area contributed by atoms with Crippen molar-refractivity contribution in [2.45, 2.75) is 13.0 Å². The first kappa shape index (κ1) is 15.6. The molecule has 0 fully saturated rings. The van der Waals surface area contributed by atoms with Crippen LogP contribution in [0.3, 0.4) is 0 Å². The van der Waals surface area contributed by atoms with Crippen LogP contribution in [-0.2, 0) is 6.42 Å². The zero-order valence-electron chi connectivity index (χ0n) is 12.0. The van der Waals surface area contributed by atoms with Gasteiger partial charge in [0.15, 0.2) is 0 Å². The summed E-state index contributed by atoms with van der Waals surface area (Å²) in [5.74, 6) is -0.111. The normalized spacial score (nSPS) is 13.5. The van der Waals surface area contributed by atoms with E-state index in [1.54, 1.807) is 36.5 Å². The quantitative estimate of drug-likeness (QED) is 0.803. The van der Waals surface area contributed by atoms with E-state index in [9.17, 15) is 8.78 Å². The summed E-state index contributed by atoms with van der Waals surface area (Å²) < 4.78 is 29.8. The summed E-state index contributed by atoms with van der Waals surface area (Å²) in [6.07, 6.45) is 6.00. The third kappa shape index (κ3) is 3.93. The van der Waals surface area contributed by atoms with Crippen molar-refractivity contribution in [3.63, 3.8) is 0 Å². The van der Waals surface area contributed by atoms with E-state index in [0.717, 1.165) is 11.1 Å². The molecule has 0 spiro atoms. The molecule has 23 heavy (non-hydrogen) atoms. The van der Waals surface area contributed by atoms with Crippen molar-refractivity contribution in [2.75, 3.05) is 6.54 Å². The smallest absolute Gasteiger partial charge is 0.388 e. The fourth-order valence-electron chi connectivity index (χ4n) is 2.38. The van der Waals surface area contributed by atoms with Crippen molar-refractivity contribution in [1.82, 2.24) is 4.98 Å². The molecular weight excluding hydrogens is 322 g/mol. The topological polar surface area (TPSA) is 34.5 Å². The fourth-order valence-corrected chi connectivity index (χ4v) is 2.57. The highest BCUT2D eigenvalue weighted by molar-refractivity contribution is 6.30.